The minimum atomic E-state index is -4.96. The molecule has 0 saturated heterocycles. The Bertz CT molecular complexity index is 1990. The number of hydrogen-bond acceptors (Lipinski definition) is 15. The van der Waals surface area contributed by atoms with Crippen LogP contribution in [0, 0.1) is 23.7 Å². The third-order valence-electron chi connectivity index (χ3n) is 19.3. The monoisotopic (exact) mass is 1490 g/mol. The Labute approximate surface area is 626 Å². The SMILES string of the molecule is CC(C)CCCCCCCCCCCCCCCCCC(=O)OC[C@H](COP(=O)(O)OCC(O)COP(=O)(O)OC[C@@H](COC(=O)CCCCCCCCCC(C)C)OC(=O)CCCCCCCCCCCCCCCC(C)C)OC(=O)CCCCCCCCCCCCCCCCCC(C)C. The molecule has 0 amide bonds. The van der Waals surface area contributed by atoms with Gasteiger partial charge in [0.2, 0.25) is 0 Å². The van der Waals surface area contributed by atoms with Crippen molar-refractivity contribution in [3.8, 4) is 0 Å². The number of carbonyl (C=O) groups excluding carboxylic acids is 4. The molecule has 0 aliphatic carbocycles. The molecular weight excluding hydrogens is 1330 g/mol. The van der Waals surface area contributed by atoms with Gasteiger partial charge in [-0.1, -0.05) is 376 Å². The molecular formula is C83H162O17P2. The molecule has 0 rings (SSSR count). The maximum absolute atomic E-state index is 13.1. The minimum Gasteiger partial charge on any atom is -0.462 e. The van der Waals surface area contributed by atoms with Gasteiger partial charge in [0.25, 0.3) is 0 Å². The molecule has 0 saturated carbocycles. The van der Waals surface area contributed by atoms with Gasteiger partial charge < -0.3 is 33.8 Å². The summed E-state index contributed by atoms with van der Waals surface area (Å²) in [4.78, 5) is 73.1. The Morgan fingerprint density at radius 3 is 0.608 bits per heavy atom. The van der Waals surface area contributed by atoms with E-state index in [1.165, 1.54) is 225 Å². The van der Waals surface area contributed by atoms with E-state index in [0.29, 0.717) is 31.6 Å². The number of phosphoric acid groups is 2. The van der Waals surface area contributed by atoms with E-state index in [-0.39, 0.29) is 25.7 Å². The molecule has 606 valence electrons. The summed E-state index contributed by atoms with van der Waals surface area (Å²) in [6, 6.07) is 0. The lowest BCUT2D eigenvalue weighted by Gasteiger charge is -2.21. The van der Waals surface area contributed by atoms with Crippen LogP contribution in [0.4, 0.5) is 0 Å². The van der Waals surface area contributed by atoms with Crippen molar-refractivity contribution in [2.75, 3.05) is 39.6 Å². The lowest BCUT2D eigenvalue weighted by molar-refractivity contribution is -0.161. The molecule has 0 spiro atoms. The number of carbonyl (C=O) groups is 4. The van der Waals surface area contributed by atoms with Crippen LogP contribution in [0.2, 0.25) is 0 Å². The van der Waals surface area contributed by atoms with Gasteiger partial charge in [-0.25, -0.2) is 9.13 Å². The third kappa shape index (κ3) is 76.3. The summed E-state index contributed by atoms with van der Waals surface area (Å²) in [5.41, 5.74) is 0. The summed E-state index contributed by atoms with van der Waals surface area (Å²) < 4.78 is 68.8. The topological polar surface area (TPSA) is 237 Å². The van der Waals surface area contributed by atoms with Crippen LogP contribution in [0.25, 0.3) is 0 Å². The van der Waals surface area contributed by atoms with E-state index in [4.69, 9.17) is 37.0 Å². The van der Waals surface area contributed by atoms with Crippen molar-refractivity contribution in [3.05, 3.63) is 0 Å². The average molecular weight is 1490 g/mol. The summed E-state index contributed by atoms with van der Waals surface area (Å²) in [5.74, 6) is 0.989. The Kier molecular flexibility index (Phi) is 70.6. The molecule has 0 heterocycles. The van der Waals surface area contributed by atoms with Crippen LogP contribution in [-0.2, 0) is 65.4 Å². The zero-order valence-corrected chi connectivity index (χ0v) is 69.0. The van der Waals surface area contributed by atoms with Gasteiger partial charge in [0, 0.05) is 25.7 Å². The summed E-state index contributed by atoms with van der Waals surface area (Å²) in [7, 11) is -9.93. The van der Waals surface area contributed by atoms with E-state index in [1.54, 1.807) is 0 Å². The molecule has 0 radical (unpaired) electrons. The van der Waals surface area contributed by atoms with Gasteiger partial charge in [0.05, 0.1) is 26.4 Å². The van der Waals surface area contributed by atoms with Crippen LogP contribution in [0.1, 0.15) is 428 Å². The van der Waals surface area contributed by atoms with Gasteiger partial charge >= 0.3 is 39.5 Å². The highest BCUT2D eigenvalue weighted by atomic mass is 31.2. The number of rotatable bonds is 80. The first-order valence-electron chi connectivity index (χ1n) is 42.7. The first kappa shape index (κ1) is 100. The number of aliphatic hydroxyl groups is 1. The first-order chi connectivity index (χ1) is 49.1. The van der Waals surface area contributed by atoms with E-state index >= 15 is 0 Å². The molecule has 0 bridgehead atoms. The second-order valence-corrected chi connectivity index (χ2v) is 34.7. The maximum atomic E-state index is 13.1. The molecule has 0 aliphatic heterocycles. The Hall–Kier alpha value is -1.94. The van der Waals surface area contributed by atoms with E-state index < -0.39 is 97.5 Å². The van der Waals surface area contributed by atoms with Crippen molar-refractivity contribution in [2.45, 2.75) is 446 Å². The molecule has 3 unspecified atom stereocenters. The first-order valence-corrected chi connectivity index (χ1v) is 45.7. The number of unbranched alkanes of at least 4 members (excludes halogenated alkanes) is 46. The van der Waals surface area contributed by atoms with Crippen LogP contribution in [0.3, 0.4) is 0 Å². The summed E-state index contributed by atoms with van der Waals surface area (Å²) in [5, 5.41) is 10.7. The summed E-state index contributed by atoms with van der Waals surface area (Å²) >= 11 is 0. The number of ether oxygens (including phenoxy) is 4. The van der Waals surface area contributed by atoms with E-state index in [0.717, 1.165) is 114 Å². The Morgan fingerprint density at radius 2 is 0.412 bits per heavy atom. The van der Waals surface area contributed by atoms with Crippen molar-refractivity contribution in [1.29, 1.82) is 0 Å². The second-order valence-electron chi connectivity index (χ2n) is 31.8. The van der Waals surface area contributed by atoms with Crippen LogP contribution >= 0.6 is 15.6 Å². The third-order valence-corrected chi connectivity index (χ3v) is 21.2. The predicted molar refractivity (Wildman–Crippen MR) is 418 cm³/mol. The minimum absolute atomic E-state index is 0.106. The van der Waals surface area contributed by atoms with E-state index in [2.05, 4.69) is 55.4 Å². The standard InChI is InChI=1S/C83H162O17P2/c1-73(2)59-51-43-35-28-22-16-11-9-13-19-25-31-39-47-55-63-80(85)93-69-78(99-82(87)65-57-49-40-32-26-20-14-10-12-17-23-29-36-44-52-60-74(3)4)71-97-101(89,90)95-67-77(84)68-96-102(91,92)98-72-79(70-94-81(86)64-56-48-42-34-38-46-54-62-76(7)8)100-83(88)66-58-50-41-33-27-21-15-18-24-30-37-45-53-61-75(5)6/h73-79,84H,9-72H2,1-8H3,(H,89,90)(H,91,92)/t77?,78-,79-/m1/s1. The molecule has 0 aliphatic rings. The number of aliphatic hydroxyl groups excluding tert-OH is 1. The second kappa shape index (κ2) is 72.0. The van der Waals surface area contributed by atoms with Crippen LogP contribution in [0.15, 0.2) is 0 Å². The molecule has 102 heavy (non-hydrogen) atoms. The van der Waals surface area contributed by atoms with E-state index in [9.17, 15) is 43.2 Å². The van der Waals surface area contributed by atoms with Gasteiger partial charge in [-0.3, -0.25) is 37.3 Å². The highest BCUT2D eigenvalue weighted by Gasteiger charge is 2.30. The number of esters is 4. The molecule has 0 aromatic rings. The highest BCUT2D eigenvalue weighted by molar-refractivity contribution is 7.47. The van der Waals surface area contributed by atoms with Gasteiger partial charge in [0.1, 0.15) is 19.3 Å². The molecule has 19 heteroatoms. The van der Waals surface area contributed by atoms with E-state index in [1.807, 2.05) is 0 Å². The molecule has 0 fully saturated rings. The fourth-order valence-electron chi connectivity index (χ4n) is 12.8. The summed E-state index contributed by atoms with van der Waals surface area (Å²) in [6.45, 7) is 14.3. The van der Waals surface area contributed by atoms with Crippen molar-refractivity contribution < 1.29 is 80.2 Å². The molecule has 5 atom stereocenters. The zero-order valence-electron chi connectivity index (χ0n) is 67.2. The van der Waals surface area contributed by atoms with Crippen LogP contribution < -0.4 is 0 Å². The lowest BCUT2D eigenvalue weighted by atomic mass is 10.0. The average Bonchev–Trinajstić information content (AvgIpc) is 0.918. The molecule has 17 nitrogen and oxygen atoms in total. The van der Waals surface area contributed by atoms with Crippen molar-refractivity contribution in [2.24, 2.45) is 23.7 Å². The van der Waals surface area contributed by atoms with Gasteiger partial charge in [0.15, 0.2) is 12.2 Å². The van der Waals surface area contributed by atoms with Crippen LogP contribution in [-0.4, -0.2) is 96.7 Å². The predicted octanol–water partition coefficient (Wildman–Crippen LogP) is 24.8. The van der Waals surface area contributed by atoms with Crippen molar-refractivity contribution in [3.63, 3.8) is 0 Å². The largest absolute Gasteiger partial charge is 0.472 e. The van der Waals surface area contributed by atoms with Gasteiger partial charge in [-0.15, -0.1) is 0 Å². The molecule has 0 aromatic carbocycles. The normalized spacial score (nSPS) is 14.0. The van der Waals surface area contributed by atoms with Gasteiger partial charge in [-0.05, 0) is 49.4 Å². The fourth-order valence-corrected chi connectivity index (χ4v) is 14.4. The zero-order chi connectivity index (χ0) is 75.3. The number of hydrogen-bond donors (Lipinski definition) is 3. The smallest absolute Gasteiger partial charge is 0.462 e. The van der Waals surface area contributed by atoms with Crippen LogP contribution in [0.5, 0.6) is 0 Å². The lowest BCUT2D eigenvalue weighted by Crippen LogP contribution is -2.30. The van der Waals surface area contributed by atoms with Crippen molar-refractivity contribution >= 4 is 39.5 Å². The van der Waals surface area contributed by atoms with Gasteiger partial charge in [-0.2, -0.15) is 0 Å². The van der Waals surface area contributed by atoms with Crippen molar-refractivity contribution in [1.82, 2.24) is 0 Å². The highest BCUT2D eigenvalue weighted by Crippen LogP contribution is 2.45. The summed E-state index contributed by atoms with van der Waals surface area (Å²) in [6.07, 6.45) is 59.7. The molecule has 3 N–H and O–H groups in total. The Balaban J connectivity index is 5.24. The Morgan fingerprint density at radius 1 is 0.245 bits per heavy atom. The quantitative estimate of drug-likeness (QED) is 0.0222. The number of phosphoric ester groups is 2. The maximum Gasteiger partial charge on any atom is 0.472 e. The fraction of sp³-hybridized carbons (Fsp3) is 0.952. The molecule has 0 aromatic heterocycles.